The molecule has 1 rings (SSSR count). The summed E-state index contributed by atoms with van der Waals surface area (Å²) in [6.07, 6.45) is 2.71. The lowest BCUT2D eigenvalue weighted by molar-refractivity contribution is 0.468. The zero-order chi connectivity index (χ0) is 13.5. The Bertz CT molecular complexity index is 377. The zero-order valence-electron chi connectivity index (χ0n) is 11.5. The molecule has 0 heterocycles. The summed E-state index contributed by atoms with van der Waals surface area (Å²) in [4.78, 5) is 0. The van der Waals surface area contributed by atoms with Crippen molar-refractivity contribution in [3.05, 3.63) is 34.9 Å². The van der Waals surface area contributed by atoms with E-state index < -0.39 is 11.6 Å². The van der Waals surface area contributed by atoms with Crippen LogP contribution in [0, 0.1) is 24.5 Å². The first kappa shape index (κ1) is 15.1. The van der Waals surface area contributed by atoms with Crippen molar-refractivity contribution < 1.29 is 8.78 Å². The van der Waals surface area contributed by atoms with Crippen LogP contribution in [0.5, 0.6) is 0 Å². The highest BCUT2D eigenvalue weighted by molar-refractivity contribution is 5.25. The number of nitrogens with one attached hydrogen (secondary N) is 1. The maximum atomic E-state index is 13.5. The van der Waals surface area contributed by atoms with Gasteiger partial charge in [0.1, 0.15) is 11.6 Å². The van der Waals surface area contributed by atoms with E-state index in [-0.39, 0.29) is 0 Å². The number of hydrogen-bond acceptors (Lipinski definition) is 1. The Labute approximate surface area is 109 Å². The number of halogens is 2. The van der Waals surface area contributed by atoms with Crippen LogP contribution in [0.25, 0.3) is 0 Å². The fourth-order valence-corrected chi connectivity index (χ4v) is 1.98. The molecule has 0 amide bonds. The van der Waals surface area contributed by atoms with Crippen molar-refractivity contribution in [2.24, 2.45) is 5.92 Å². The van der Waals surface area contributed by atoms with E-state index in [1.165, 1.54) is 0 Å². The van der Waals surface area contributed by atoms with Gasteiger partial charge in [-0.2, -0.15) is 0 Å². The maximum absolute atomic E-state index is 13.5. The maximum Gasteiger partial charge on any atom is 0.129 e. The Morgan fingerprint density at radius 1 is 1.17 bits per heavy atom. The predicted molar refractivity (Wildman–Crippen MR) is 71.7 cm³/mol. The van der Waals surface area contributed by atoms with E-state index in [2.05, 4.69) is 19.2 Å². The second kappa shape index (κ2) is 7.47. The highest BCUT2D eigenvalue weighted by Crippen LogP contribution is 2.18. The van der Waals surface area contributed by atoms with Crippen molar-refractivity contribution in [3.63, 3.8) is 0 Å². The smallest absolute Gasteiger partial charge is 0.129 e. The molecule has 18 heavy (non-hydrogen) atoms. The normalized spacial score (nSPS) is 12.7. The van der Waals surface area contributed by atoms with Crippen LogP contribution in [0.4, 0.5) is 8.78 Å². The Morgan fingerprint density at radius 2 is 1.89 bits per heavy atom. The molecule has 1 unspecified atom stereocenters. The van der Waals surface area contributed by atoms with Gasteiger partial charge in [-0.15, -0.1) is 0 Å². The third-order valence-corrected chi connectivity index (χ3v) is 3.30. The molecular formula is C15H23F2N. The third-order valence-electron chi connectivity index (χ3n) is 3.30. The number of hydrogen-bond donors (Lipinski definition) is 1. The molecule has 0 saturated heterocycles. The highest BCUT2D eigenvalue weighted by Gasteiger charge is 2.09. The van der Waals surface area contributed by atoms with Crippen LogP contribution in [0.1, 0.15) is 37.8 Å². The van der Waals surface area contributed by atoms with Crippen LogP contribution in [0.3, 0.4) is 0 Å². The SMILES string of the molecule is CCNCCC(C)CCc1cc(C)c(F)cc1F. The van der Waals surface area contributed by atoms with Crippen molar-refractivity contribution in [2.75, 3.05) is 13.1 Å². The fraction of sp³-hybridized carbons (Fsp3) is 0.600. The summed E-state index contributed by atoms with van der Waals surface area (Å²) >= 11 is 0. The molecule has 1 atom stereocenters. The first-order chi connectivity index (χ1) is 8.54. The van der Waals surface area contributed by atoms with E-state index in [1.807, 2.05) is 0 Å². The van der Waals surface area contributed by atoms with Crippen molar-refractivity contribution in [1.82, 2.24) is 5.32 Å². The summed E-state index contributed by atoms with van der Waals surface area (Å²) in [6, 6.07) is 2.62. The molecule has 1 N–H and O–H groups in total. The Kier molecular flexibility index (Phi) is 6.27. The van der Waals surface area contributed by atoms with Crippen molar-refractivity contribution in [1.29, 1.82) is 0 Å². The van der Waals surface area contributed by atoms with Gasteiger partial charge in [-0.3, -0.25) is 0 Å². The molecule has 1 aromatic rings. The number of aryl methyl sites for hydroxylation is 2. The average Bonchev–Trinajstić information content (AvgIpc) is 2.32. The minimum absolute atomic E-state index is 0.419. The van der Waals surface area contributed by atoms with Crippen LogP contribution >= 0.6 is 0 Å². The molecule has 0 bridgehead atoms. The minimum atomic E-state index is -0.462. The standard InChI is InChI=1S/C15H23F2N/c1-4-18-8-7-11(2)5-6-13-9-12(3)14(16)10-15(13)17/h9-11,18H,4-8H2,1-3H3. The predicted octanol–water partition coefficient (Wildman–Crippen LogP) is 3.84. The Hall–Kier alpha value is -0.960. The van der Waals surface area contributed by atoms with E-state index in [0.717, 1.165) is 32.0 Å². The molecule has 1 aromatic carbocycles. The molecule has 0 saturated carbocycles. The summed E-state index contributed by atoms with van der Waals surface area (Å²) < 4.78 is 26.7. The zero-order valence-corrected chi connectivity index (χ0v) is 11.5. The molecule has 0 aromatic heterocycles. The third kappa shape index (κ3) is 4.73. The van der Waals surface area contributed by atoms with Gasteiger partial charge in [0.05, 0.1) is 0 Å². The largest absolute Gasteiger partial charge is 0.317 e. The Morgan fingerprint density at radius 3 is 2.56 bits per heavy atom. The van der Waals surface area contributed by atoms with Gasteiger partial charge in [-0.1, -0.05) is 19.9 Å². The lowest BCUT2D eigenvalue weighted by atomic mass is 9.97. The molecule has 0 radical (unpaired) electrons. The first-order valence-corrected chi connectivity index (χ1v) is 6.69. The quantitative estimate of drug-likeness (QED) is 0.730. The van der Waals surface area contributed by atoms with Gasteiger partial charge in [0.2, 0.25) is 0 Å². The molecule has 0 aliphatic carbocycles. The van der Waals surface area contributed by atoms with Gasteiger partial charge in [-0.05, 0) is 56.3 Å². The summed E-state index contributed by atoms with van der Waals surface area (Å²) in [5, 5.41) is 3.28. The summed E-state index contributed by atoms with van der Waals surface area (Å²) in [7, 11) is 0. The highest BCUT2D eigenvalue weighted by atomic mass is 19.1. The molecule has 0 spiro atoms. The minimum Gasteiger partial charge on any atom is -0.317 e. The van der Waals surface area contributed by atoms with E-state index in [4.69, 9.17) is 0 Å². The molecule has 102 valence electrons. The van der Waals surface area contributed by atoms with Crippen LogP contribution in [-0.2, 0) is 6.42 Å². The van der Waals surface area contributed by atoms with Gasteiger partial charge in [-0.25, -0.2) is 8.78 Å². The van der Waals surface area contributed by atoms with Gasteiger partial charge < -0.3 is 5.32 Å². The Balaban J connectivity index is 2.45. The first-order valence-electron chi connectivity index (χ1n) is 6.69. The molecule has 3 heteroatoms. The van der Waals surface area contributed by atoms with Crippen LogP contribution in [0.15, 0.2) is 12.1 Å². The number of rotatable bonds is 7. The molecule has 0 aliphatic rings. The lowest BCUT2D eigenvalue weighted by Gasteiger charge is -2.12. The fourth-order valence-electron chi connectivity index (χ4n) is 1.98. The second-order valence-electron chi connectivity index (χ2n) is 4.98. The van der Waals surface area contributed by atoms with Crippen LogP contribution in [-0.4, -0.2) is 13.1 Å². The summed E-state index contributed by atoms with van der Waals surface area (Å²) in [5.74, 6) is -0.331. The second-order valence-corrected chi connectivity index (χ2v) is 4.98. The van der Waals surface area contributed by atoms with E-state index in [9.17, 15) is 8.78 Å². The van der Waals surface area contributed by atoms with Gasteiger partial charge in [0, 0.05) is 6.07 Å². The van der Waals surface area contributed by atoms with Crippen LogP contribution in [0.2, 0.25) is 0 Å². The van der Waals surface area contributed by atoms with Crippen molar-refractivity contribution in [2.45, 2.75) is 40.0 Å². The molecular weight excluding hydrogens is 232 g/mol. The topological polar surface area (TPSA) is 12.0 Å². The van der Waals surface area contributed by atoms with Crippen molar-refractivity contribution >= 4 is 0 Å². The summed E-state index contributed by atoms with van der Waals surface area (Å²) in [6.45, 7) is 7.92. The number of benzene rings is 1. The average molecular weight is 255 g/mol. The van der Waals surface area contributed by atoms with Gasteiger partial charge in [0.15, 0.2) is 0 Å². The van der Waals surface area contributed by atoms with Gasteiger partial charge in [0.25, 0.3) is 0 Å². The molecule has 0 aliphatic heterocycles. The lowest BCUT2D eigenvalue weighted by Crippen LogP contribution is -2.16. The van der Waals surface area contributed by atoms with Gasteiger partial charge >= 0.3 is 0 Å². The monoisotopic (exact) mass is 255 g/mol. The molecule has 1 nitrogen and oxygen atoms in total. The summed E-state index contributed by atoms with van der Waals surface area (Å²) in [5.41, 5.74) is 1.15. The van der Waals surface area contributed by atoms with E-state index in [1.54, 1.807) is 13.0 Å². The molecule has 0 fully saturated rings. The van der Waals surface area contributed by atoms with Crippen LogP contribution < -0.4 is 5.32 Å². The van der Waals surface area contributed by atoms with E-state index in [0.29, 0.717) is 23.5 Å². The van der Waals surface area contributed by atoms with E-state index >= 15 is 0 Å². The van der Waals surface area contributed by atoms with Crippen molar-refractivity contribution in [3.8, 4) is 0 Å².